The largest absolute Gasteiger partial charge is 0.497 e. The molecule has 2 amide bonds. The number of carbonyl (C=O) groups is 1. The van der Waals surface area contributed by atoms with Gasteiger partial charge in [-0.1, -0.05) is 12.1 Å². The zero-order valence-corrected chi connectivity index (χ0v) is 14.1. The fraction of sp³-hybridized carbons (Fsp3) is 0.611. The highest BCUT2D eigenvalue weighted by Crippen LogP contribution is 2.18. The lowest BCUT2D eigenvalue weighted by Crippen LogP contribution is -2.45. The van der Waals surface area contributed by atoms with E-state index in [-0.39, 0.29) is 12.1 Å². The SMILES string of the molecule is COc1cccc(CCCNC(=O)NC(C)C2CCOCC2)c1. The molecular weight excluding hydrogens is 292 g/mol. The minimum atomic E-state index is -0.0744. The summed E-state index contributed by atoms with van der Waals surface area (Å²) in [4.78, 5) is 11.9. The lowest BCUT2D eigenvalue weighted by molar-refractivity contribution is 0.0571. The van der Waals surface area contributed by atoms with Gasteiger partial charge in [-0.15, -0.1) is 0 Å². The zero-order valence-electron chi connectivity index (χ0n) is 14.1. The molecule has 23 heavy (non-hydrogen) atoms. The molecule has 1 fully saturated rings. The van der Waals surface area contributed by atoms with Crippen molar-refractivity contribution in [1.29, 1.82) is 0 Å². The number of amides is 2. The van der Waals surface area contributed by atoms with Crippen molar-refractivity contribution < 1.29 is 14.3 Å². The van der Waals surface area contributed by atoms with Crippen LogP contribution in [0.5, 0.6) is 5.75 Å². The molecule has 5 nitrogen and oxygen atoms in total. The van der Waals surface area contributed by atoms with Crippen molar-refractivity contribution in [2.45, 2.75) is 38.6 Å². The maximum Gasteiger partial charge on any atom is 0.315 e. The number of methoxy groups -OCH3 is 1. The summed E-state index contributed by atoms with van der Waals surface area (Å²) < 4.78 is 10.6. The number of hydrogen-bond donors (Lipinski definition) is 2. The van der Waals surface area contributed by atoms with Gasteiger partial charge in [0.05, 0.1) is 7.11 Å². The van der Waals surface area contributed by atoms with Crippen LogP contribution in [-0.2, 0) is 11.2 Å². The first-order valence-corrected chi connectivity index (χ1v) is 8.44. The van der Waals surface area contributed by atoms with Crippen LogP contribution in [0.3, 0.4) is 0 Å². The van der Waals surface area contributed by atoms with Crippen molar-refractivity contribution in [3.63, 3.8) is 0 Å². The third-order valence-electron chi connectivity index (χ3n) is 4.39. The molecule has 1 unspecified atom stereocenters. The predicted octanol–water partition coefficient (Wildman–Crippen LogP) is 2.74. The number of urea groups is 1. The number of rotatable bonds is 7. The summed E-state index contributed by atoms with van der Waals surface area (Å²) in [5.41, 5.74) is 1.22. The van der Waals surface area contributed by atoms with E-state index in [2.05, 4.69) is 23.6 Å². The van der Waals surface area contributed by atoms with E-state index in [1.54, 1.807) is 7.11 Å². The Morgan fingerprint density at radius 2 is 2.17 bits per heavy atom. The van der Waals surface area contributed by atoms with Gasteiger partial charge in [0.1, 0.15) is 5.75 Å². The fourth-order valence-corrected chi connectivity index (χ4v) is 2.91. The van der Waals surface area contributed by atoms with Crippen LogP contribution in [0.15, 0.2) is 24.3 Å². The Morgan fingerprint density at radius 1 is 1.39 bits per heavy atom. The van der Waals surface area contributed by atoms with E-state index < -0.39 is 0 Å². The Hall–Kier alpha value is -1.75. The Labute approximate surface area is 138 Å². The summed E-state index contributed by atoms with van der Waals surface area (Å²) in [7, 11) is 1.67. The summed E-state index contributed by atoms with van der Waals surface area (Å²) >= 11 is 0. The molecular formula is C18H28N2O3. The summed E-state index contributed by atoms with van der Waals surface area (Å²) in [6, 6.07) is 8.16. The minimum absolute atomic E-state index is 0.0744. The molecule has 1 saturated heterocycles. The van der Waals surface area contributed by atoms with E-state index in [0.29, 0.717) is 12.5 Å². The Morgan fingerprint density at radius 3 is 2.91 bits per heavy atom. The van der Waals surface area contributed by atoms with E-state index in [1.807, 2.05) is 18.2 Å². The van der Waals surface area contributed by atoms with Gasteiger partial charge in [-0.3, -0.25) is 0 Å². The molecule has 0 saturated carbocycles. The van der Waals surface area contributed by atoms with Gasteiger partial charge in [0, 0.05) is 25.8 Å². The fourth-order valence-electron chi connectivity index (χ4n) is 2.91. The highest BCUT2D eigenvalue weighted by atomic mass is 16.5. The molecule has 5 heteroatoms. The minimum Gasteiger partial charge on any atom is -0.497 e. The summed E-state index contributed by atoms with van der Waals surface area (Å²) in [6.45, 7) is 4.35. The third-order valence-corrected chi connectivity index (χ3v) is 4.39. The average molecular weight is 320 g/mol. The molecule has 1 heterocycles. The molecule has 0 aliphatic carbocycles. The van der Waals surface area contributed by atoms with Crippen LogP contribution in [-0.4, -0.2) is 38.9 Å². The topological polar surface area (TPSA) is 59.6 Å². The summed E-state index contributed by atoms with van der Waals surface area (Å²) in [6.07, 6.45) is 3.88. The van der Waals surface area contributed by atoms with Gasteiger partial charge in [0.25, 0.3) is 0 Å². The maximum atomic E-state index is 11.9. The number of nitrogens with one attached hydrogen (secondary N) is 2. The van der Waals surface area contributed by atoms with Crippen LogP contribution >= 0.6 is 0 Å². The van der Waals surface area contributed by atoms with Crippen molar-refractivity contribution in [1.82, 2.24) is 10.6 Å². The second-order valence-electron chi connectivity index (χ2n) is 6.09. The second kappa shape index (κ2) is 9.40. The van der Waals surface area contributed by atoms with Crippen LogP contribution in [0.4, 0.5) is 4.79 Å². The molecule has 0 aromatic heterocycles. The van der Waals surface area contributed by atoms with Crippen LogP contribution in [0, 0.1) is 5.92 Å². The molecule has 2 N–H and O–H groups in total. The Balaban J connectivity index is 1.62. The first kappa shape index (κ1) is 17.6. The lowest BCUT2D eigenvalue weighted by Gasteiger charge is -2.28. The Bertz CT molecular complexity index is 487. The first-order valence-electron chi connectivity index (χ1n) is 8.44. The van der Waals surface area contributed by atoms with Crippen LogP contribution in [0.1, 0.15) is 31.7 Å². The number of carbonyl (C=O) groups excluding carboxylic acids is 1. The highest BCUT2D eigenvalue weighted by molar-refractivity contribution is 5.74. The number of benzene rings is 1. The molecule has 1 aromatic carbocycles. The molecule has 128 valence electrons. The first-order chi connectivity index (χ1) is 11.2. The van der Waals surface area contributed by atoms with Gasteiger partial charge >= 0.3 is 6.03 Å². The number of ether oxygens (including phenoxy) is 2. The molecule has 0 spiro atoms. The van der Waals surface area contributed by atoms with Crippen LogP contribution < -0.4 is 15.4 Å². The van der Waals surface area contributed by atoms with E-state index in [4.69, 9.17) is 9.47 Å². The Kier molecular flexibility index (Phi) is 7.20. The van der Waals surface area contributed by atoms with E-state index in [0.717, 1.165) is 44.6 Å². The summed E-state index contributed by atoms with van der Waals surface area (Å²) in [5, 5.41) is 5.98. The zero-order chi connectivity index (χ0) is 16.5. The average Bonchev–Trinajstić information content (AvgIpc) is 2.59. The maximum absolute atomic E-state index is 11.9. The van der Waals surface area contributed by atoms with Gasteiger partial charge in [0.2, 0.25) is 0 Å². The van der Waals surface area contributed by atoms with Crippen molar-refractivity contribution in [3.05, 3.63) is 29.8 Å². The second-order valence-corrected chi connectivity index (χ2v) is 6.09. The normalized spacial score (nSPS) is 16.6. The third kappa shape index (κ3) is 6.10. The van der Waals surface area contributed by atoms with Gasteiger partial charge < -0.3 is 20.1 Å². The van der Waals surface area contributed by atoms with Gasteiger partial charge in [-0.25, -0.2) is 4.79 Å². The standard InChI is InChI=1S/C18H28N2O3/c1-14(16-8-11-23-12-9-16)20-18(21)19-10-4-6-15-5-3-7-17(13-15)22-2/h3,5,7,13-14,16H,4,6,8-12H2,1-2H3,(H2,19,20,21). The van der Waals surface area contributed by atoms with Gasteiger partial charge in [-0.05, 0) is 56.2 Å². The lowest BCUT2D eigenvalue weighted by atomic mass is 9.93. The van der Waals surface area contributed by atoms with Crippen molar-refractivity contribution in [3.8, 4) is 5.75 Å². The smallest absolute Gasteiger partial charge is 0.315 e. The van der Waals surface area contributed by atoms with Crippen molar-refractivity contribution in [2.24, 2.45) is 5.92 Å². The van der Waals surface area contributed by atoms with Crippen molar-refractivity contribution >= 4 is 6.03 Å². The number of hydrogen-bond acceptors (Lipinski definition) is 3. The predicted molar refractivity (Wildman–Crippen MR) is 90.9 cm³/mol. The van der Waals surface area contributed by atoms with E-state index in [9.17, 15) is 4.79 Å². The highest BCUT2D eigenvalue weighted by Gasteiger charge is 2.21. The molecule has 1 aliphatic heterocycles. The van der Waals surface area contributed by atoms with Gasteiger partial charge in [-0.2, -0.15) is 0 Å². The van der Waals surface area contributed by atoms with E-state index >= 15 is 0 Å². The van der Waals surface area contributed by atoms with E-state index in [1.165, 1.54) is 5.56 Å². The van der Waals surface area contributed by atoms with Crippen molar-refractivity contribution in [2.75, 3.05) is 26.9 Å². The summed E-state index contributed by atoms with van der Waals surface area (Å²) in [5.74, 6) is 1.39. The van der Waals surface area contributed by atoms with Gasteiger partial charge in [0.15, 0.2) is 0 Å². The molecule has 0 bridgehead atoms. The van der Waals surface area contributed by atoms with Crippen LogP contribution in [0.2, 0.25) is 0 Å². The number of aryl methyl sites for hydroxylation is 1. The monoisotopic (exact) mass is 320 g/mol. The molecule has 1 aromatic rings. The quantitative estimate of drug-likeness (QED) is 0.760. The van der Waals surface area contributed by atoms with Crippen LogP contribution in [0.25, 0.3) is 0 Å². The molecule has 2 rings (SSSR count). The molecule has 1 atom stereocenters. The molecule has 1 aliphatic rings. The molecule has 0 radical (unpaired) electrons.